The first-order valence-corrected chi connectivity index (χ1v) is 10.5. The molecule has 0 unspecified atom stereocenters. The van der Waals surface area contributed by atoms with E-state index in [2.05, 4.69) is 20.2 Å². The van der Waals surface area contributed by atoms with Crippen molar-refractivity contribution >= 4 is 5.91 Å². The van der Waals surface area contributed by atoms with Crippen molar-refractivity contribution in [2.75, 3.05) is 6.54 Å². The molecule has 170 valence electrons. The molecule has 3 aromatic rings. The third-order valence-electron chi connectivity index (χ3n) is 5.85. The van der Waals surface area contributed by atoms with E-state index in [-0.39, 0.29) is 11.7 Å². The fourth-order valence-electron chi connectivity index (χ4n) is 4.25. The van der Waals surface area contributed by atoms with Crippen molar-refractivity contribution in [2.45, 2.75) is 44.9 Å². The summed E-state index contributed by atoms with van der Waals surface area (Å²) in [5, 5.41) is 7.05. The lowest BCUT2D eigenvalue weighted by atomic mass is 9.80. The van der Waals surface area contributed by atoms with Crippen LogP contribution in [0, 0.1) is 12.8 Å². The molecule has 0 atom stereocenters. The van der Waals surface area contributed by atoms with Crippen molar-refractivity contribution in [2.24, 2.45) is 5.92 Å². The molecule has 6 nitrogen and oxygen atoms in total. The predicted octanol–water partition coefficient (Wildman–Crippen LogP) is 5.58. The number of ether oxygens (including phenoxy) is 1. The van der Waals surface area contributed by atoms with E-state index in [0.29, 0.717) is 35.2 Å². The number of H-pyrrole nitrogens is 1. The Balaban J connectivity index is 1.37. The lowest BCUT2D eigenvalue weighted by Crippen LogP contribution is -2.31. The molecule has 9 heteroatoms. The Kier molecular flexibility index (Phi) is 6.25. The first-order chi connectivity index (χ1) is 15.3. The molecule has 2 aromatic heterocycles. The summed E-state index contributed by atoms with van der Waals surface area (Å²) in [5.74, 6) is 0.281. The van der Waals surface area contributed by atoms with Gasteiger partial charge in [-0.15, -0.1) is 13.2 Å². The van der Waals surface area contributed by atoms with Crippen LogP contribution in [-0.2, 0) is 0 Å². The fraction of sp³-hybridized carbons (Fsp3) is 0.391. The molecule has 32 heavy (non-hydrogen) atoms. The van der Waals surface area contributed by atoms with Gasteiger partial charge in [0.2, 0.25) is 0 Å². The fourth-order valence-corrected chi connectivity index (χ4v) is 4.25. The van der Waals surface area contributed by atoms with Gasteiger partial charge in [0, 0.05) is 24.2 Å². The average molecular weight is 447 g/mol. The Bertz CT molecular complexity index is 1030. The van der Waals surface area contributed by atoms with Gasteiger partial charge >= 0.3 is 6.36 Å². The number of nitrogens with zero attached hydrogens (tertiary/aromatic N) is 1. The zero-order chi connectivity index (χ0) is 22.7. The van der Waals surface area contributed by atoms with Gasteiger partial charge in [-0.05, 0) is 74.4 Å². The van der Waals surface area contributed by atoms with Gasteiger partial charge in [-0.25, -0.2) is 0 Å². The molecule has 1 saturated carbocycles. The van der Waals surface area contributed by atoms with E-state index in [4.69, 9.17) is 4.52 Å². The maximum absolute atomic E-state index is 12.9. The van der Waals surface area contributed by atoms with E-state index >= 15 is 0 Å². The molecule has 2 N–H and O–H groups in total. The molecular weight excluding hydrogens is 423 g/mol. The lowest BCUT2D eigenvalue weighted by molar-refractivity contribution is -0.274. The van der Waals surface area contributed by atoms with Gasteiger partial charge in [0.15, 0.2) is 0 Å². The number of aryl methyl sites for hydroxylation is 1. The third kappa shape index (κ3) is 5.33. The number of amides is 1. The summed E-state index contributed by atoms with van der Waals surface area (Å²) in [7, 11) is 0. The summed E-state index contributed by atoms with van der Waals surface area (Å²) in [4.78, 5) is 16.0. The summed E-state index contributed by atoms with van der Waals surface area (Å²) >= 11 is 0. The monoisotopic (exact) mass is 447 g/mol. The standard InChI is InChI=1S/C23H24F3N3O3/c1-14-12-19(21(28-14)17-6-8-18(9-7-17)32-23(24,25)26)22(30)27-13-15-2-4-16(5-3-15)20-10-11-31-29-20/h6-12,15-16,28H,2-5,13H2,1H3,(H,27,30). The van der Waals surface area contributed by atoms with Gasteiger partial charge in [0.1, 0.15) is 12.0 Å². The number of carbonyl (C=O) groups excluding carboxylic acids is 1. The number of alkyl halides is 3. The number of hydrogen-bond donors (Lipinski definition) is 2. The topological polar surface area (TPSA) is 80.2 Å². The number of hydrogen-bond acceptors (Lipinski definition) is 4. The van der Waals surface area contributed by atoms with Gasteiger partial charge in [-0.2, -0.15) is 0 Å². The molecule has 4 rings (SSSR count). The van der Waals surface area contributed by atoms with E-state index in [9.17, 15) is 18.0 Å². The van der Waals surface area contributed by atoms with E-state index < -0.39 is 6.36 Å². The van der Waals surface area contributed by atoms with Crippen LogP contribution in [0.1, 0.15) is 53.3 Å². The highest BCUT2D eigenvalue weighted by atomic mass is 19.4. The van der Waals surface area contributed by atoms with Crippen molar-refractivity contribution in [3.63, 3.8) is 0 Å². The highest BCUT2D eigenvalue weighted by Crippen LogP contribution is 2.35. The van der Waals surface area contributed by atoms with Crippen molar-refractivity contribution < 1.29 is 27.2 Å². The Morgan fingerprint density at radius 3 is 2.53 bits per heavy atom. The highest BCUT2D eigenvalue weighted by molar-refractivity contribution is 6.00. The lowest BCUT2D eigenvalue weighted by Gasteiger charge is -2.27. The summed E-state index contributed by atoms with van der Waals surface area (Å²) < 4.78 is 46.0. The van der Waals surface area contributed by atoms with Crippen molar-refractivity contribution in [3.05, 3.63) is 59.6 Å². The molecule has 1 fully saturated rings. The molecule has 0 aliphatic heterocycles. The number of nitrogens with one attached hydrogen (secondary N) is 2. The van der Waals surface area contributed by atoms with Crippen LogP contribution in [0.3, 0.4) is 0 Å². The maximum atomic E-state index is 12.9. The van der Waals surface area contributed by atoms with Crippen LogP contribution in [-0.4, -0.2) is 29.0 Å². The molecule has 1 amide bonds. The normalized spacial score (nSPS) is 19.0. The molecule has 0 radical (unpaired) electrons. The molecule has 1 aliphatic rings. The zero-order valence-corrected chi connectivity index (χ0v) is 17.5. The Morgan fingerprint density at radius 2 is 1.91 bits per heavy atom. The molecule has 2 heterocycles. The quantitative estimate of drug-likeness (QED) is 0.517. The molecular formula is C23H24F3N3O3. The van der Waals surface area contributed by atoms with Crippen LogP contribution in [0.15, 0.2) is 47.2 Å². The van der Waals surface area contributed by atoms with Crippen molar-refractivity contribution in [3.8, 4) is 17.0 Å². The smallest absolute Gasteiger partial charge is 0.406 e. The Hall–Kier alpha value is -3.23. The van der Waals surface area contributed by atoms with E-state index in [1.54, 1.807) is 12.3 Å². The predicted molar refractivity (Wildman–Crippen MR) is 111 cm³/mol. The zero-order valence-electron chi connectivity index (χ0n) is 17.5. The average Bonchev–Trinajstić information content (AvgIpc) is 3.42. The summed E-state index contributed by atoms with van der Waals surface area (Å²) in [5.41, 5.74) is 3.41. The SMILES string of the molecule is Cc1cc(C(=O)NCC2CCC(c3ccon3)CC2)c(-c2ccc(OC(F)(F)F)cc2)[nH]1. The second-order valence-electron chi connectivity index (χ2n) is 8.17. The number of aromatic nitrogens is 2. The second-order valence-corrected chi connectivity index (χ2v) is 8.17. The maximum Gasteiger partial charge on any atom is 0.573 e. The summed E-state index contributed by atoms with van der Waals surface area (Å²) in [6, 6.07) is 9.10. The van der Waals surface area contributed by atoms with E-state index in [0.717, 1.165) is 37.1 Å². The number of halogens is 3. The van der Waals surface area contributed by atoms with E-state index in [1.165, 1.54) is 24.3 Å². The third-order valence-corrected chi connectivity index (χ3v) is 5.85. The summed E-state index contributed by atoms with van der Waals surface area (Å²) in [6.45, 7) is 2.40. The summed E-state index contributed by atoms with van der Waals surface area (Å²) in [6.07, 6.45) is 0.857. The van der Waals surface area contributed by atoms with Crippen LogP contribution >= 0.6 is 0 Å². The van der Waals surface area contributed by atoms with Crippen LogP contribution in [0.4, 0.5) is 13.2 Å². The van der Waals surface area contributed by atoms with Crippen molar-refractivity contribution in [1.82, 2.24) is 15.5 Å². The number of carbonyl (C=O) groups is 1. The minimum Gasteiger partial charge on any atom is -0.406 e. The van der Waals surface area contributed by atoms with E-state index in [1.807, 2.05) is 13.0 Å². The van der Waals surface area contributed by atoms with Crippen LogP contribution in [0.25, 0.3) is 11.3 Å². The van der Waals surface area contributed by atoms with Crippen LogP contribution in [0.5, 0.6) is 5.75 Å². The van der Waals surface area contributed by atoms with Gasteiger partial charge in [-0.3, -0.25) is 4.79 Å². The number of benzene rings is 1. The Labute approximate surface area is 183 Å². The van der Waals surface area contributed by atoms with Gasteiger partial charge in [-0.1, -0.05) is 5.16 Å². The van der Waals surface area contributed by atoms with Gasteiger partial charge in [0.05, 0.1) is 17.0 Å². The molecule has 0 saturated heterocycles. The van der Waals surface area contributed by atoms with Crippen LogP contribution < -0.4 is 10.1 Å². The van der Waals surface area contributed by atoms with Crippen LogP contribution in [0.2, 0.25) is 0 Å². The minimum atomic E-state index is -4.75. The minimum absolute atomic E-state index is 0.210. The molecule has 1 aromatic carbocycles. The number of aromatic amines is 1. The first-order valence-electron chi connectivity index (χ1n) is 10.5. The largest absolute Gasteiger partial charge is 0.573 e. The van der Waals surface area contributed by atoms with Crippen molar-refractivity contribution in [1.29, 1.82) is 0 Å². The Morgan fingerprint density at radius 1 is 1.19 bits per heavy atom. The van der Waals surface area contributed by atoms with Gasteiger partial charge < -0.3 is 19.6 Å². The molecule has 0 spiro atoms. The molecule has 0 bridgehead atoms. The second kappa shape index (κ2) is 9.10. The number of rotatable bonds is 6. The first kappa shape index (κ1) is 22.0. The molecule has 1 aliphatic carbocycles. The van der Waals surface area contributed by atoms with Gasteiger partial charge in [0.25, 0.3) is 5.91 Å². The highest BCUT2D eigenvalue weighted by Gasteiger charge is 2.31.